The summed E-state index contributed by atoms with van der Waals surface area (Å²) in [5.41, 5.74) is 0. The number of hydrogen-bond acceptors (Lipinski definition) is 9. The molecule has 0 spiro atoms. The van der Waals surface area contributed by atoms with Crippen LogP contribution in [-0.4, -0.2) is 54.6 Å². The largest absolute Gasteiger partial charge is 0.445 e. The first-order chi connectivity index (χ1) is 4.91. The van der Waals surface area contributed by atoms with Gasteiger partial charge in [0.15, 0.2) is 0 Å². The second-order valence-electron chi connectivity index (χ2n) is 1.16. The molecule has 0 unspecified atom stereocenters. The van der Waals surface area contributed by atoms with Crippen LogP contribution in [0, 0.1) is 0 Å². The summed E-state index contributed by atoms with van der Waals surface area (Å²) in [7, 11) is -9.57. The first-order valence-electron chi connectivity index (χ1n) is 1.83. The Morgan fingerprint density at radius 2 is 1.08 bits per heavy atom. The molecule has 1 saturated heterocycles. The zero-order chi connectivity index (χ0) is 8.54. The Morgan fingerprint density at radius 3 is 1.42 bits per heavy atom. The van der Waals surface area contributed by atoms with E-state index in [0.717, 1.165) is 0 Å². The van der Waals surface area contributed by atoms with Gasteiger partial charge in [0.2, 0.25) is 0 Å². The SMILES string of the molecule is O=S1(=O)OOOOS(=O)(=O)O1.[Ca]. The van der Waals surface area contributed by atoms with Crippen molar-refractivity contribution in [2.75, 3.05) is 0 Å². The van der Waals surface area contributed by atoms with Gasteiger partial charge in [0.25, 0.3) is 0 Å². The molecule has 0 aliphatic carbocycles. The summed E-state index contributed by atoms with van der Waals surface area (Å²) in [4.78, 5) is 0. The summed E-state index contributed by atoms with van der Waals surface area (Å²) in [5.74, 6) is 0. The summed E-state index contributed by atoms with van der Waals surface area (Å²) >= 11 is 0. The average molecular weight is 248 g/mol. The van der Waals surface area contributed by atoms with Gasteiger partial charge in [-0.05, 0) is 18.7 Å². The van der Waals surface area contributed by atoms with E-state index >= 15 is 0 Å². The van der Waals surface area contributed by atoms with E-state index in [1.807, 2.05) is 0 Å². The van der Waals surface area contributed by atoms with Crippen LogP contribution in [0.1, 0.15) is 0 Å². The van der Waals surface area contributed by atoms with E-state index in [4.69, 9.17) is 0 Å². The monoisotopic (exact) mass is 248 g/mol. The minimum atomic E-state index is -4.79. The van der Waals surface area contributed by atoms with Gasteiger partial charge in [-0.3, -0.25) is 0 Å². The zero-order valence-electron chi connectivity index (χ0n) is 5.20. The van der Waals surface area contributed by atoms with Gasteiger partial charge >= 0.3 is 20.8 Å². The molecule has 1 aliphatic rings. The van der Waals surface area contributed by atoms with Crippen LogP contribution in [0.5, 0.6) is 0 Å². The predicted molar refractivity (Wildman–Crippen MR) is 29.0 cm³/mol. The molecule has 0 amide bonds. The number of hydrogen-bond donors (Lipinski definition) is 0. The molecule has 1 rings (SSSR count). The van der Waals surface area contributed by atoms with Crippen molar-refractivity contribution in [3.8, 4) is 0 Å². The number of rotatable bonds is 0. The van der Waals surface area contributed by atoms with Crippen LogP contribution in [0.3, 0.4) is 0 Å². The molecule has 1 fully saturated rings. The van der Waals surface area contributed by atoms with Crippen LogP contribution in [0.2, 0.25) is 0 Å². The second kappa shape index (κ2) is 4.45. The molecule has 0 aromatic rings. The van der Waals surface area contributed by atoms with Crippen molar-refractivity contribution < 1.29 is 39.2 Å². The molecule has 0 atom stereocenters. The maximum absolute atomic E-state index is 10.2. The Bertz CT molecular complexity index is 286. The van der Waals surface area contributed by atoms with Crippen LogP contribution < -0.4 is 0 Å². The molecule has 2 radical (unpaired) electrons. The van der Waals surface area contributed by atoms with Gasteiger partial charge in [0.05, 0.1) is 0 Å². The maximum atomic E-state index is 10.2. The van der Waals surface area contributed by atoms with Crippen molar-refractivity contribution in [3.63, 3.8) is 0 Å². The third-order valence-corrected chi connectivity index (χ3v) is 2.19. The van der Waals surface area contributed by atoms with E-state index in [1.54, 1.807) is 0 Å². The molecular weight excluding hydrogens is 248 g/mol. The van der Waals surface area contributed by atoms with Crippen LogP contribution in [-0.2, 0) is 43.2 Å². The Balaban J connectivity index is 0.00000121. The third-order valence-electron chi connectivity index (χ3n) is 0.417. The van der Waals surface area contributed by atoms with Crippen molar-refractivity contribution in [3.05, 3.63) is 0 Å². The molecular formula is CaO9S2. The molecule has 0 N–H and O–H groups in total. The quantitative estimate of drug-likeness (QED) is 0.352. The Kier molecular flexibility index (Phi) is 4.81. The van der Waals surface area contributed by atoms with E-state index in [9.17, 15) is 16.8 Å². The van der Waals surface area contributed by atoms with Gasteiger partial charge < -0.3 is 0 Å². The van der Waals surface area contributed by atoms with Gasteiger partial charge in [0, 0.05) is 37.7 Å². The molecule has 0 aromatic heterocycles. The van der Waals surface area contributed by atoms with Crippen molar-refractivity contribution in [2.45, 2.75) is 0 Å². The van der Waals surface area contributed by atoms with Crippen molar-refractivity contribution in [1.82, 2.24) is 0 Å². The topological polar surface area (TPSA) is 114 Å². The normalized spacial score (nSPS) is 26.7. The van der Waals surface area contributed by atoms with Gasteiger partial charge in [-0.15, -0.1) is 0 Å². The molecule has 1 aliphatic heterocycles. The smallest absolute Gasteiger partial charge is 0.165 e. The molecule has 0 aromatic carbocycles. The fourth-order valence-electron chi connectivity index (χ4n) is 0.215. The predicted octanol–water partition coefficient (Wildman–Crippen LogP) is -2.06. The van der Waals surface area contributed by atoms with Crippen LogP contribution in [0.4, 0.5) is 0 Å². The van der Waals surface area contributed by atoms with Gasteiger partial charge in [-0.1, -0.05) is 3.63 Å². The average Bonchev–Trinajstić information content (AvgIpc) is 1.86. The van der Waals surface area contributed by atoms with E-state index in [1.165, 1.54) is 0 Å². The Hall–Kier alpha value is 0.960. The zero-order valence-corrected chi connectivity index (χ0v) is 9.04. The van der Waals surface area contributed by atoms with E-state index in [0.29, 0.717) is 0 Å². The minimum Gasteiger partial charge on any atom is -0.165 e. The fraction of sp³-hybridized carbons (Fsp3) is 0. The Morgan fingerprint density at radius 1 is 0.750 bits per heavy atom. The molecule has 1 heterocycles. The summed E-state index contributed by atoms with van der Waals surface area (Å²) in [6.07, 6.45) is 0. The van der Waals surface area contributed by atoms with E-state index in [2.05, 4.69) is 22.4 Å². The summed E-state index contributed by atoms with van der Waals surface area (Å²) in [6, 6.07) is 0. The van der Waals surface area contributed by atoms with Gasteiger partial charge in [-0.25, -0.2) is 0 Å². The van der Waals surface area contributed by atoms with Gasteiger partial charge in [0.1, 0.15) is 0 Å². The first-order valence-corrected chi connectivity index (χ1v) is 4.50. The summed E-state index contributed by atoms with van der Waals surface area (Å²) < 4.78 is 50.4. The van der Waals surface area contributed by atoms with Crippen LogP contribution in [0.25, 0.3) is 0 Å². The Labute approximate surface area is 96.9 Å². The van der Waals surface area contributed by atoms with Crippen LogP contribution in [0.15, 0.2) is 0 Å². The van der Waals surface area contributed by atoms with E-state index < -0.39 is 20.8 Å². The van der Waals surface area contributed by atoms with Crippen molar-refractivity contribution in [2.24, 2.45) is 0 Å². The third kappa shape index (κ3) is 4.27. The molecule has 68 valence electrons. The van der Waals surface area contributed by atoms with Crippen molar-refractivity contribution in [1.29, 1.82) is 0 Å². The molecule has 9 nitrogen and oxygen atoms in total. The maximum Gasteiger partial charge on any atom is 0.445 e. The minimum absolute atomic E-state index is 0. The summed E-state index contributed by atoms with van der Waals surface area (Å²) in [5, 5.41) is 6.46. The summed E-state index contributed by atoms with van der Waals surface area (Å²) in [6.45, 7) is 0. The molecule has 0 saturated carbocycles. The second-order valence-corrected chi connectivity index (χ2v) is 3.61. The standard InChI is InChI=1S/Ca.O9S2/c;1-10(2)7-5-6-8-11(3,4)9-10. The molecule has 12 heavy (non-hydrogen) atoms. The molecule has 12 heteroatoms. The van der Waals surface area contributed by atoms with E-state index in [-0.39, 0.29) is 37.7 Å². The first kappa shape index (κ1) is 13.0. The fourth-order valence-corrected chi connectivity index (χ4v) is 1.39. The molecule has 0 bridgehead atoms. The van der Waals surface area contributed by atoms with Crippen LogP contribution >= 0.6 is 0 Å². The van der Waals surface area contributed by atoms with Crippen molar-refractivity contribution >= 4 is 58.5 Å². The van der Waals surface area contributed by atoms with Gasteiger partial charge in [-0.2, -0.15) is 16.8 Å².